The molecule has 3 rings (SSSR count). The highest BCUT2D eigenvalue weighted by Gasteiger charge is 2.48. The molecular formula is C25H34ClN5O7. The Kier molecular flexibility index (Phi) is 10.1. The molecule has 0 spiro atoms. The predicted molar refractivity (Wildman–Crippen MR) is 137 cm³/mol. The SMILES string of the molecule is CC[C@@H]1NC(=O)[C@@H]2[C@@H](O)[C@H](Cl)CN2C(=O)[C@H](CC)NC(=O)C[C@H](c2ccccc2)NC(=O)[C@H](CO)NC1=O. The van der Waals surface area contributed by atoms with Gasteiger partial charge in [0.05, 0.1) is 24.4 Å². The number of nitrogens with one attached hydrogen (secondary N) is 4. The second kappa shape index (κ2) is 13.0. The van der Waals surface area contributed by atoms with Crippen LogP contribution in [0.25, 0.3) is 0 Å². The van der Waals surface area contributed by atoms with Gasteiger partial charge in [-0.15, -0.1) is 11.6 Å². The lowest BCUT2D eigenvalue weighted by atomic mass is 10.0. The van der Waals surface area contributed by atoms with E-state index in [0.29, 0.717) is 5.56 Å². The van der Waals surface area contributed by atoms with Crippen LogP contribution in [0.3, 0.4) is 0 Å². The minimum Gasteiger partial charge on any atom is -0.394 e. The zero-order valence-electron chi connectivity index (χ0n) is 21.2. The quantitative estimate of drug-likeness (QED) is 0.252. The Morgan fingerprint density at radius 2 is 1.47 bits per heavy atom. The van der Waals surface area contributed by atoms with E-state index in [4.69, 9.17) is 11.6 Å². The average Bonchev–Trinajstić information content (AvgIpc) is 3.21. The molecule has 2 aliphatic rings. The van der Waals surface area contributed by atoms with Gasteiger partial charge in [0.1, 0.15) is 30.3 Å². The van der Waals surface area contributed by atoms with Crippen LogP contribution in [-0.4, -0.2) is 93.4 Å². The Balaban J connectivity index is 2.00. The first-order valence-corrected chi connectivity index (χ1v) is 13.0. The Bertz CT molecular complexity index is 1040. The number of hydrogen-bond donors (Lipinski definition) is 6. The largest absolute Gasteiger partial charge is 0.394 e. The summed E-state index contributed by atoms with van der Waals surface area (Å²) in [5.41, 5.74) is 0.603. The summed E-state index contributed by atoms with van der Waals surface area (Å²) in [4.78, 5) is 66.7. The first-order valence-electron chi connectivity index (χ1n) is 12.6. The van der Waals surface area contributed by atoms with Gasteiger partial charge < -0.3 is 36.4 Å². The van der Waals surface area contributed by atoms with Gasteiger partial charge in [-0.3, -0.25) is 24.0 Å². The molecule has 1 aromatic rings. The topological polar surface area (TPSA) is 177 Å². The van der Waals surface area contributed by atoms with Crippen molar-refractivity contribution < 1.29 is 34.2 Å². The summed E-state index contributed by atoms with van der Waals surface area (Å²) in [6.45, 7) is 2.44. The Morgan fingerprint density at radius 1 is 0.868 bits per heavy atom. The van der Waals surface area contributed by atoms with E-state index in [9.17, 15) is 34.2 Å². The maximum absolute atomic E-state index is 13.4. The fourth-order valence-corrected chi connectivity index (χ4v) is 4.87. The number of fused-ring (bicyclic) bond motifs is 1. The zero-order chi connectivity index (χ0) is 28.0. The number of benzene rings is 1. The Labute approximate surface area is 225 Å². The van der Waals surface area contributed by atoms with Crippen molar-refractivity contribution in [3.8, 4) is 0 Å². The molecular weight excluding hydrogens is 518 g/mol. The number of hydrogen-bond acceptors (Lipinski definition) is 7. The molecule has 1 aromatic carbocycles. The van der Waals surface area contributed by atoms with Crippen LogP contribution in [0.1, 0.15) is 44.7 Å². The van der Waals surface area contributed by atoms with Crippen LogP contribution in [-0.2, 0) is 24.0 Å². The van der Waals surface area contributed by atoms with E-state index in [0.717, 1.165) is 4.90 Å². The van der Waals surface area contributed by atoms with Gasteiger partial charge in [-0.25, -0.2) is 0 Å². The number of aliphatic hydroxyl groups excluding tert-OH is 2. The second-order valence-electron chi connectivity index (χ2n) is 9.36. The summed E-state index contributed by atoms with van der Waals surface area (Å²) in [6, 6.07) is 2.94. The fourth-order valence-electron chi connectivity index (χ4n) is 4.58. The number of carbonyl (C=O) groups is 5. The summed E-state index contributed by atoms with van der Waals surface area (Å²) in [5, 5.41) is 29.8. The maximum Gasteiger partial charge on any atom is 0.246 e. The highest BCUT2D eigenvalue weighted by Crippen LogP contribution is 2.25. The van der Waals surface area contributed by atoms with Gasteiger partial charge in [-0.05, 0) is 18.4 Å². The molecule has 38 heavy (non-hydrogen) atoms. The summed E-state index contributed by atoms with van der Waals surface area (Å²) < 4.78 is 0. The van der Waals surface area contributed by atoms with Gasteiger partial charge in [-0.2, -0.15) is 0 Å². The lowest BCUT2D eigenvalue weighted by Gasteiger charge is -2.31. The molecule has 5 amide bonds. The van der Waals surface area contributed by atoms with Crippen molar-refractivity contribution in [2.45, 2.75) is 74.8 Å². The molecule has 13 heteroatoms. The predicted octanol–water partition coefficient (Wildman–Crippen LogP) is -1.31. The van der Waals surface area contributed by atoms with Gasteiger partial charge in [0.2, 0.25) is 29.5 Å². The van der Waals surface area contributed by atoms with Crippen LogP contribution in [0, 0.1) is 0 Å². The molecule has 2 aliphatic heterocycles. The number of amides is 5. The highest BCUT2D eigenvalue weighted by molar-refractivity contribution is 6.22. The molecule has 2 saturated heterocycles. The molecule has 208 valence electrons. The summed E-state index contributed by atoms with van der Waals surface area (Å²) in [7, 11) is 0. The number of halogens is 1. The van der Waals surface area contributed by atoms with Crippen LogP contribution in [0.2, 0.25) is 0 Å². The number of rotatable bonds is 4. The van der Waals surface area contributed by atoms with Crippen molar-refractivity contribution in [3.63, 3.8) is 0 Å². The molecule has 0 unspecified atom stereocenters. The van der Waals surface area contributed by atoms with Crippen molar-refractivity contribution in [3.05, 3.63) is 35.9 Å². The van der Waals surface area contributed by atoms with Gasteiger partial charge in [0.25, 0.3) is 0 Å². The molecule has 0 radical (unpaired) electrons. The van der Waals surface area contributed by atoms with E-state index in [1.165, 1.54) is 0 Å². The first-order chi connectivity index (χ1) is 18.1. The minimum atomic E-state index is -1.41. The van der Waals surface area contributed by atoms with Crippen LogP contribution >= 0.6 is 11.6 Å². The van der Waals surface area contributed by atoms with Crippen LogP contribution in [0.15, 0.2) is 30.3 Å². The normalized spacial score (nSPS) is 31.7. The lowest BCUT2D eigenvalue weighted by molar-refractivity contribution is -0.144. The zero-order valence-corrected chi connectivity index (χ0v) is 22.0. The van der Waals surface area contributed by atoms with Gasteiger partial charge in [0, 0.05) is 6.54 Å². The van der Waals surface area contributed by atoms with Crippen molar-refractivity contribution in [1.82, 2.24) is 26.2 Å². The molecule has 12 nitrogen and oxygen atoms in total. The average molecular weight is 552 g/mol. The lowest BCUT2D eigenvalue weighted by Crippen LogP contribution is -2.60. The fraction of sp³-hybridized carbons (Fsp3) is 0.560. The molecule has 0 aromatic heterocycles. The number of alkyl halides is 1. The van der Waals surface area contributed by atoms with Crippen molar-refractivity contribution >= 4 is 41.1 Å². The van der Waals surface area contributed by atoms with Gasteiger partial charge in [0.15, 0.2) is 0 Å². The molecule has 0 aliphatic carbocycles. The summed E-state index contributed by atoms with van der Waals surface area (Å²) >= 11 is 6.21. The Morgan fingerprint density at radius 3 is 2.08 bits per heavy atom. The molecule has 2 fully saturated rings. The third kappa shape index (κ3) is 6.61. The standard InChI is InChI=1S/C25H34ClN5O7/c1-3-15-22(35)30-18(12-32)23(36)29-17(13-8-6-5-7-9-13)10-19(33)27-16(4-2)25(38)31-11-14(26)21(34)20(31)24(37)28-15/h5-9,14-18,20-21,32,34H,3-4,10-12H2,1-2H3,(H,27,33)(H,28,37)(H,29,36)(H,30,35)/t14-,15+,16+,17-,18+,20+,21+/m1/s1. The summed E-state index contributed by atoms with van der Waals surface area (Å²) in [5.74, 6) is -3.44. The highest BCUT2D eigenvalue weighted by atomic mass is 35.5. The van der Waals surface area contributed by atoms with Gasteiger partial charge >= 0.3 is 0 Å². The maximum atomic E-state index is 13.4. The number of carbonyl (C=O) groups excluding carboxylic acids is 5. The number of nitrogens with zero attached hydrogens (tertiary/aromatic N) is 1. The van der Waals surface area contributed by atoms with E-state index >= 15 is 0 Å². The van der Waals surface area contributed by atoms with E-state index in [1.807, 2.05) is 0 Å². The minimum absolute atomic E-state index is 0.124. The second-order valence-corrected chi connectivity index (χ2v) is 9.92. The van der Waals surface area contributed by atoms with Gasteiger partial charge in [-0.1, -0.05) is 44.2 Å². The van der Waals surface area contributed by atoms with Crippen LogP contribution in [0.5, 0.6) is 0 Å². The third-order valence-electron chi connectivity index (χ3n) is 6.76. The van der Waals surface area contributed by atoms with E-state index in [-0.39, 0.29) is 25.8 Å². The van der Waals surface area contributed by atoms with Crippen LogP contribution < -0.4 is 21.3 Å². The van der Waals surface area contributed by atoms with E-state index in [1.54, 1.807) is 44.2 Å². The first kappa shape index (κ1) is 29.3. The van der Waals surface area contributed by atoms with Crippen molar-refractivity contribution in [2.24, 2.45) is 0 Å². The van der Waals surface area contributed by atoms with E-state index in [2.05, 4.69) is 21.3 Å². The van der Waals surface area contributed by atoms with E-state index < -0.39 is 77.8 Å². The molecule has 0 bridgehead atoms. The Hall–Kier alpha value is -3.22. The molecule has 2 heterocycles. The molecule has 0 saturated carbocycles. The molecule has 7 atom stereocenters. The number of aliphatic hydroxyl groups is 2. The monoisotopic (exact) mass is 551 g/mol. The third-order valence-corrected chi connectivity index (χ3v) is 7.16. The van der Waals surface area contributed by atoms with Crippen LogP contribution in [0.4, 0.5) is 0 Å². The van der Waals surface area contributed by atoms with Crippen molar-refractivity contribution in [1.29, 1.82) is 0 Å². The van der Waals surface area contributed by atoms with Crippen molar-refractivity contribution in [2.75, 3.05) is 13.2 Å². The molecule has 6 N–H and O–H groups in total. The smallest absolute Gasteiger partial charge is 0.246 e. The summed E-state index contributed by atoms with van der Waals surface area (Å²) in [6.07, 6.45) is -1.34.